The molecule has 3 N–H and O–H groups in total. The lowest BCUT2D eigenvalue weighted by atomic mass is 9.92. The highest BCUT2D eigenvalue weighted by molar-refractivity contribution is 7.10. The molecule has 0 spiro atoms. The van der Waals surface area contributed by atoms with Crippen molar-refractivity contribution in [1.29, 1.82) is 0 Å². The van der Waals surface area contributed by atoms with Gasteiger partial charge in [0.05, 0.1) is 12.2 Å². The molecule has 134 valence electrons. The van der Waals surface area contributed by atoms with Crippen LogP contribution in [0.15, 0.2) is 11.6 Å². The van der Waals surface area contributed by atoms with Crippen LogP contribution in [0, 0.1) is 0 Å². The molecule has 1 fully saturated rings. The molecule has 2 aromatic rings. The zero-order valence-electron chi connectivity index (χ0n) is 14.4. The second-order valence-electron chi connectivity index (χ2n) is 7.20. The molecule has 2 aromatic heterocycles. The first-order valence-corrected chi connectivity index (χ1v) is 10.1. The zero-order valence-corrected chi connectivity index (χ0v) is 15.2. The molecule has 1 amide bonds. The van der Waals surface area contributed by atoms with Crippen LogP contribution < -0.4 is 11.1 Å². The Bertz CT molecular complexity index is 744. The topological polar surface area (TPSA) is 85.8 Å². The lowest BCUT2D eigenvalue weighted by molar-refractivity contribution is 0.0945. The first-order chi connectivity index (χ1) is 12.2. The van der Waals surface area contributed by atoms with Gasteiger partial charge in [-0.1, -0.05) is 5.21 Å². The minimum Gasteiger partial charge on any atom is -0.346 e. The van der Waals surface area contributed by atoms with E-state index >= 15 is 0 Å². The predicted octanol–water partition coefficient (Wildman–Crippen LogP) is 2.59. The van der Waals surface area contributed by atoms with Gasteiger partial charge in [0.1, 0.15) is 0 Å². The monoisotopic (exact) mass is 359 g/mol. The lowest BCUT2D eigenvalue weighted by Crippen LogP contribution is -2.28. The fourth-order valence-corrected chi connectivity index (χ4v) is 5.05. The number of aromatic nitrogens is 3. The van der Waals surface area contributed by atoms with Crippen LogP contribution in [-0.4, -0.2) is 26.9 Å². The van der Waals surface area contributed by atoms with Crippen LogP contribution in [0.1, 0.15) is 71.1 Å². The quantitative estimate of drug-likeness (QED) is 0.878. The van der Waals surface area contributed by atoms with Crippen LogP contribution in [0.4, 0.5) is 0 Å². The molecule has 4 rings (SSSR count). The van der Waals surface area contributed by atoms with Gasteiger partial charge in [-0.2, -0.15) is 0 Å². The van der Waals surface area contributed by atoms with E-state index in [2.05, 4.69) is 21.0 Å². The minimum atomic E-state index is -0.144. The number of thiophene rings is 1. The number of nitrogens with zero attached hydrogens (tertiary/aromatic N) is 3. The molecular weight excluding hydrogens is 334 g/mol. The van der Waals surface area contributed by atoms with Gasteiger partial charge in [-0.15, -0.1) is 16.4 Å². The van der Waals surface area contributed by atoms with E-state index in [4.69, 9.17) is 5.73 Å². The van der Waals surface area contributed by atoms with Crippen LogP contribution in [0.3, 0.4) is 0 Å². The Balaban J connectivity index is 1.36. The van der Waals surface area contributed by atoms with Gasteiger partial charge in [0, 0.05) is 17.5 Å². The maximum Gasteiger partial charge on any atom is 0.273 e. The highest BCUT2D eigenvalue weighted by atomic mass is 32.1. The van der Waals surface area contributed by atoms with Gasteiger partial charge in [-0.3, -0.25) is 4.79 Å². The summed E-state index contributed by atoms with van der Waals surface area (Å²) in [5.41, 5.74) is 9.08. The summed E-state index contributed by atoms with van der Waals surface area (Å²) < 4.78 is 1.84. The van der Waals surface area contributed by atoms with Crippen molar-refractivity contribution in [3.63, 3.8) is 0 Å². The van der Waals surface area contributed by atoms with Crippen molar-refractivity contribution < 1.29 is 4.79 Å². The summed E-state index contributed by atoms with van der Waals surface area (Å²) in [6.45, 7) is 0.579. The highest BCUT2D eigenvalue weighted by Crippen LogP contribution is 2.30. The number of hydrogen-bond donors (Lipinski definition) is 2. The van der Waals surface area contributed by atoms with Crippen molar-refractivity contribution in [2.24, 2.45) is 5.73 Å². The van der Waals surface area contributed by atoms with Crippen molar-refractivity contribution in [2.45, 2.75) is 70.0 Å². The first-order valence-electron chi connectivity index (χ1n) is 9.24. The summed E-state index contributed by atoms with van der Waals surface area (Å²) in [6.07, 6.45) is 10.7. The van der Waals surface area contributed by atoms with Crippen molar-refractivity contribution >= 4 is 17.2 Å². The Morgan fingerprint density at radius 1 is 1.28 bits per heavy atom. The maximum absolute atomic E-state index is 12.4. The number of carbonyl (C=O) groups is 1. The molecule has 0 aliphatic heterocycles. The van der Waals surface area contributed by atoms with E-state index in [-0.39, 0.29) is 5.91 Å². The standard InChI is InChI=1S/C18H25N5OS/c19-13-5-7-14(8-6-13)23-10-16(21-22-23)18(24)20-9-12-11-25-17-4-2-1-3-15(12)17/h10-11,13-14H,1-9,19H2,(H,20,24). The molecular formula is C18H25N5OS. The van der Waals surface area contributed by atoms with Crippen molar-refractivity contribution in [2.75, 3.05) is 0 Å². The van der Waals surface area contributed by atoms with E-state index in [1.165, 1.54) is 35.3 Å². The molecule has 7 heteroatoms. The molecule has 2 aliphatic rings. The zero-order chi connectivity index (χ0) is 17.2. The number of amides is 1. The van der Waals surface area contributed by atoms with Crippen LogP contribution in [-0.2, 0) is 19.4 Å². The number of fused-ring (bicyclic) bond motifs is 1. The van der Waals surface area contributed by atoms with E-state index in [1.807, 2.05) is 16.0 Å². The molecule has 0 radical (unpaired) electrons. The van der Waals surface area contributed by atoms with Gasteiger partial charge in [-0.05, 0) is 67.9 Å². The SMILES string of the molecule is NC1CCC(n2cc(C(=O)NCc3csc4c3CCCC4)nn2)CC1. The fourth-order valence-electron chi connectivity index (χ4n) is 3.90. The summed E-state index contributed by atoms with van der Waals surface area (Å²) in [7, 11) is 0. The molecule has 0 aromatic carbocycles. The second kappa shape index (κ2) is 7.25. The van der Waals surface area contributed by atoms with E-state index < -0.39 is 0 Å². The summed E-state index contributed by atoms with van der Waals surface area (Å²) in [6, 6.07) is 0.622. The normalized spacial score (nSPS) is 23.2. The number of aryl methyl sites for hydroxylation is 1. The third kappa shape index (κ3) is 3.62. The molecule has 0 atom stereocenters. The Morgan fingerprint density at radius 2 is 2.08 bits per heavy atom. The van der Waals surface area contributed by atoms with Crippen LogP contribution in [0.5, 0.6) is 0 Å². The van der Waals surface area contributed by atoms with E-state index in [0.717, 1.165) is 32.1 Å². The molecule has 1 saturated carbocycles. The van der Waals surface area contributed by atoms with Crippen LogP contribution in [0.25, 0.3) is 0 Å². The molecule has 25 heavy (non-hydrogen) atoms. The summed E-state index contributed by atoms with van der Waals surface area (Å²) in [5.74, 6) is -0.144. The van der Waals surface area contributed by atoms with E-state index in [9.17, 15) is 4.79 Å². The molecule has 0 bridgehead atoms. The Labute approximate surface area is 151 Å². The number of nitrogens with two attached hydrogens (primary N) is 1. The van der Waals surface area contributed by atoms with Gasteiger partial charge < -0.3 is 11.1 Å². The Hall–Kier alpha value is -1.73. The average Bonchev–Trinajstić information content (AvgIpc) is 3.28. The summed E-state index contributed by atoms with van der Waals surface area (Å²) >= 11 is 1.83. The summed E-state index contributed by atoms with van der Waals surface area (Å²) in [5, 5.41) is 13.4. The average molecular weight is 359 g/mol. The molecule has 6 nitrogen and oxygen atoms in total. The number of rotatable bonds is 4. The van der Waals surface area contributed by atoms with Crippen molar-refractivity contribution in [1.82, 2.24) is 20.3 Å². The van der Waals surface area contributed by atoms with Crippen molar-refractivity contribution in [3.05, 3.63) is 33.3 Å². The fraction of sp³-hybridized carbons (Fsp3) is 0.611. The molecule has 0 saturated heterocycles. The van der Waals surface area contributed by atoms with Gasteiger partial charge in [0.25, 0.3) is 5.91 Å². The predicted molar refractivity (Wildman–Crippen MR) is 97.6 cm³/mol. The number of carbonyl (C=O) groups excluding carboxylic acids is 1. The largest absolute Gasteiger partial charge is 0.346 e. The third-order valence-electron chi connectivity index (χ3n) is 5.45. The van der Waals surface area contributed by atoms with Crippen LogP contribution >= 0.6 is 11.3 Å². The smallest absolute Gasteiger partial charge is 0.273 e. The maximum atomic E-state index is 12.4. The van der Waals surface area contributed by atoms with Gasteiger partial charge in [0.2, 0.25) is 0 Å². The number of nitrogens with one attached hydrogen (secondary N) is 1. The van der Waals surface area contributed by atoms with Crippen molar-refractivity contribution in [3.8, 4) is 0 Å². The van der Waals surface area contributed by atoms with E-state index in [1.54, 1.807) is 6.20 Å². The highest BCUT2D eigenvalue weighted by Gasteiger charge is 2.22. The van der Waals surface area contributed by atoms with E-state index in [0.29, 0.717) is 24.3 Å². The van der Waals surface area contributed by atoms with Crippen LogP contribution in [0.2, 0.25) is 0 Å². The third-order valence-corrected chi connectivity index (χ3v) is 6.58. The Kier molecular flexibility index (Phi) is 4.85. The molecule has 0 unspecified atom stereocenters. The van der Waals surface area contributed by atoms with Gasteiger partial charge >= 0.3 is 0 Å². The Morgan fingerprint density at radius 3 is 2.92 bits per heavy atom. The number of hydrogen-bond acceptors (Lipinski definition) is 5. The second-order valence-corrected chi connectivity index (χ2v) is 8.17. The minimum absolute atomic E-state index is 0.144. The molecule has 2 heterocycles. The van der Waals surface area contributed by atoms with Gasteiger partial charge in [-0.25, -0.2) is 4.68 Å². The lowest BCUT2D eigenvalue weighted by Gasteiger charge is -2.25. The summed E-state index contributed by atoms with van der Waals surface area (Å²) in [4.78, 5) is 13.9. The molecule has 2 aliphatic carbocycles. The van der Waals surface area contributed by atoms with Gasteiger partial charge in [0.15, 0.2) is 5.69 Å². The first kappa shape index (κ1) is 16.7.